The van der Waals surface area contributed by atoms with Crippen LogP contribution < -0.4 is 5.32 Å². The Bertz CT molecular complexity index is 769. The molecule has 134 valence electrons. The molecule has 1 amide bonds. The minimum Gasteiger partial charge on any atom is -0.453 e. The van der Waals surface area contributed by atoms with E-state index in [1.165, 1.54) is 19.1 Å². The topological polar surface area (TPSA) is 73.2 Å². The van der Waals surface area contributed by atoms with Crippen LogP contribution in [0.3, 0.4) is 0 Å². The van der Waals surface area contributed by atoms with Gasteiger partial charge in [0.15, 0.2) is 6.10 Å². The SMILES string of the molecule is Cc1nn(C)c(C)c1NC(=O)[C@H](C)OC(=O)CCc1ccc(F)cc1. The highest BCUT2D eigenvalue weighted by Crippen LogP contribution is 2.18. The van der Waals surface area contributed by atoms with Gasteiger partial charge in [0.1, 0.15) is 5.82 Å². The molecule has 0 fully saturated rings. The Morgan fingerprint density at radius 1 is 1.28 bits per heavy atom. The summed E-state index contributed by atoms with van der Waals surface area (Å²) >= 11 is 0. The van der Waals surface area contributed by atoms with Crippen molar-refractivity contribution in [2.75, 3.05) is 5.32 Å². The van der Waals surface area contributed by atoms with Gasteiger partial charge in [0.25, 0.3) is 5.91 Å². The van der Waals surface area contributed by atoms with Crippen molar-refractivity contribution in [3.63, 3.8) is 0 Å². The van der Waals surface area contributed by atoms with E-state index in [0.717, 1.165) is 11.3 Å². The molecule has 25 heavy (non-hydrogen) atoms. The lowest BCUT2D eigenvalue weighted by Gasteiger charge is -2.14. The fourth-order valence-electron chi connectivity index (χ4n) is 2.39. The Balaban J connectivity index is 1.85. The number of nitrogens with one attached hydrogen (secondary N) is 1. The first-order valence-electron chi connectivity index (χ1n) is 8.03. The number of hydrogen-bond donors (Lipinski definition) is 1. The van der Waals surface area contributed by atoms with Gasteiger partial charge in [-0.2, -0.15) is 5.10 Å². The van der Waals surface area contributed by atoms with Crippen molar-refractivity contribution in [3.8, 4) is 0 Å². The highest BCUT2D eigenvalue weighted by atomic mass is 19.1. The van der Waals surface area contributed by atoms with Crippen LogP contribution in [-0.4, -0.2) is 27.8 Å². The van der Waals surface area contributed by atoms with Gasteiger partial charge in [-0.3, -0.25) is 14.3 Å². The monoisotopic (exact) mass is 347 g/mol. The molecule has 0 unspecified atom stereocenters. The van der Waals surface area contributed by atoms with Crippen LogP contribution in [0.25, 0.3) is 0 Å². The zero-order valence-electron chi connectivity index (χ0n) is 14.8. The molecule has 0 bridgehead atoms. The maximum Gasteiger partial charge on any atom is 0.306 e. The van der Waals surface area contributed by atoms with E-state index in [9.17, 15) is 14.0 Å². The van der Waals surface area contributed by atoms with Crippen molar-refractivity contribution < 1.29 is 18.7 Å². The second-order valence-corrected chi connectivity index (χ2v) is 5.92. The second-order valence-electron chi connectivity index (χ2n) is 5.92. The quantitative estimate of drug-likeness (QED) is 0.816. The lowest BCUT2D eigenvalue weighted by atomic mass is 10.1. The number of ether oxygens (including phenoxy) is 1. The molecule has 1 N–H and O–H groups in total. The molecule has 0 saturated carbocycles. The van der Waals surface area contributed by atoms with E-state index in [2.05, 4.69) is 10.4 Å². The number of amides is 1. The number of benzene rings is 1. The zero-order chi connectivity index (χ0) is 18.6. The molecule has 2 aromatic rings. The fourth-order valence-corrected chi connectivity index (χ4v) is 2.39. The van der Waals surface area contributed by atoms with Gasteiger partial charge in [-0.05, 0) is 44.9 Å². The molecule has 0 radical (unpaired) electrons. The minimum absolute atomic E-state index is 0.119. The highest BCUT2D eigenvalue weighted by Gasteiger charge is 2.20. The van der Waals surface area contributed by atoms with Crippen LogP contribution in [0.5, 0.6) is 0 Å². The van der Waals surface area contributed by atoms with Crippen LogP contribution in [0.15, 0.2) is 24.3 Å². The van der Waals surface area contributed by atoms with Crippen LogP contribution in [-0.2, 0) is 27.8 Å². The molecule has 6 nitrogen and oxygen atoms in total. The highest BCUT2D eigenvalue weighted by molar-refractivity contribution is 5.96. The van der Waals surface area contributed by atoms with Crippen LogP contribution in [0.4, 0.5) is 10.1 Å². The van der Waals surface area contributed by atoms with Gasteiger partial charge in [-0.15, -0.1) is 0 Å². The molecule has 7 heteroatoms. The maximum atomic E-state index is 12.8. The minimum atomic E-state index is -0.917. The summed E-state index contributed by atoms with van der Waals surface area (Å²) in [4.78, 5) is 24.1. The molecular weight excluding hydrogens is 325 g/mol. The number of esters is 1. The number of hydrogen-bond acceptors (Lipinski definition) is 4. The largest absolute Gasteiger partial charge is 0.453 e. The molecule has 2 rings (SSSR count). The number of aryl methyl sites for hydroxylation is 3. The van der Waals surface area contributed by atoms with Crippen LogP contribution in [0.1, 0.15) is 30.3 Å². The number of carbonyl (C=O) groups excluding carboxylic acids is 2. The molecule has 1 aromatic heterocycles. The van der Waals surface area contributed by atoms with E-state index < -0.39 is 18.0 Å². The first kappa shape index (κ1) is 18.6. The number of carbonyl (C=O) groups is 2. The van der Waals surface area contributed by atoms with Gasteiger partial charge < -0.3 is 10.1 Å². The lowest BCUT2D eigenvalue weighted by Crippen LogP contribution is -2.30. The Hall–Kier alpha value is -2.70. The normalized spacial score (nSPS) is 11.9. The maximum absolute atomic E-state index is 12.8. The number of halogens is 1. The molecule has 0 spiro atoms. The van der Waals surface area contributed by atoms with Crippen molar-refractivity contribution in [3.05, 3.63) is 47.0 Å². The van der Waals surface area contributed by atoms with E-state index in [-0.39, 0.29) is 12.2 Å². The van der Waals surface area contributed by atoms with E-state index >= 15 is 0 Å². The van der Waals surface area contributed by atoms with Gasteiger partial charge in [-0.25, -0.2) is 4.39 Å². The Labute approximate surface area is 146 Å². The third kappa shape index (κ3) is 4.89. The average Bonchev–Trinajstić information content (AvgIpc) is 2.80. The Morgan fingerprint density at radius 3 is 2.48 bits per heavy atom. The van der Waals surface area contributed by atoms with Crippen LogP contribution >= 0.6 is 0 Å². The number of rotatable bonds is 6. The molecule has 0 aliphatic carbocycles. The third-order valence-electron chi connectivity index (χ3n) is 3.97. The molecule has 0 aliphatic heterocycles. The fraction of sp³-hybridized carbons (Fsp3) is 0.389. The van der Waals surface area contributed by atoms with Gasteiger partial charge in [-0.1, -0.05) is 12.1 Å². The summed E-state index contributed by atoms with van der Waals surface area (Å²) in [5.74, 6) is -1.21. The predicted molar refractivity (Wildman–Crippen MR) is 91.6 cm³/mol. The molecule has 1 aromatic carbocycles. The summed E-state index contributed by atoms with van der Waals surface area (Å²) in [5, 5.41) is 6.96. The summed E-state index contributed by atoms with van der Waals surface area (Å²) in [6, 6.07) is 5.92. The third-order valence-corrected chi connectivity index (χ3v) is 3.97. The summed E-state index contributed by atoms with van der Waals surface area (Å²) in [7, 11) is 1.79. The summed E-state index contributed by atoms with van der Waals surface area (Å²) in [6.07, 6.45) is -0.373. The summed E-state index contributed by atoms with van der Waals surface area (Å²) < 4.78 is 19.7. The van der Waals surface area contributed by atoms with Gasteiger partial charge >= 0.3 is 5.97 Å². The average molecular weight is 347 g/mol. The van der Waals surface area contributed by atoms with Gasteiger partial charge in [0, 0.05) is 13.5 Å². The lowest BCUT2D eigenvalue weighted by molar-refractivity contribution is -0.153. The number of aromatic nitrogens is 2. The number of nitrogens with zero attached hydrogens (tertiary/aromatic N) is 2. The van der Waals surface area contributed by atoms with E-state index in [1.807, 2.05) is 6.92 Å². The van der Waals surface area contributed by atoms with Crippen molar-refractivity contribution in [1.29, 1.82) is 0 Å². The molecule has 1 heterocycles. The second kappa shape index (κ2) is 7.92. The van der Waals surface area contributed by atoms with Crippen LogP contribution in [0, 0.1) is 19.7 Å². The smallest absolute Gasteiger partial charge is 0.306 e. The van der Waals surface area contributed by atoms with Crippen molar-refractivity contribution in [2.24, 2.45) is 7.05 Å². The zero-order valence-corrected chi connectivity index (χ0v) is 14.8. The van der Waals surface area contributed by atoms with Crippen molar-refractivity contribution in [1.82, 2.24) is 9.78 Å². The van der Waals surface area contributed by atoms with Crippen molar-refractivity contribution >= 4 is 17.6 Å². The van der Waals surface area contributed by atoms with Gasteiger partial charge in [0.2, 0.25) is 0 Å². The van der Waals surface area contributed by atoms with E-state index in [0.29, 0.717) is 17.8 Å². The van der Waals surface area contributed by atoms with Crippen molar-refractivity contribution in [2.45, 2.75) is 39.7 Å². The standard InChI is InChI=1S/C18H22FN3O3/c1-11-17(12(2)22(4)21-11)20-18(24)13(3)25-16(23)10-7-14-5-8-15(19)9-6-14/h5-6,8-9,13H,7,10H2,1-4H3,(H,20,24)/t13-/m0/s1. The van der Waals surface area contributed by atoms with Gasteiger partial charge in [0.05, 0.1) is 17.1 Å². The Morgan fingerprint density at radius 2 is 1.92 bits per heavy atom. The Kier molecular flexibility index (Phi) is 5.90. The molecular formula is C18H22FN3O3. The first-order chi connectivity index (χ1) is 11.8. The molecule has 0 aliphatic rings. The molecule has 1 atom stereocenters. The number of anilines is 1. The first-order valence-corrected chi connectivity index (χ1v) is 8.03. The summed E-state index contributed by atoms with van der Waals surface area (Å²) in [5.41, 5.74) is 2.97. The summed E-state index contributed by atoms with van der Waals surface area (Å²) in [6.45, 7) is 5.16. The van der Waals surface area contributed by atoms with E-state index in [4.69, 9.17) is 4.74 Å². The van der Waals surface area contributed by atoms with E-state index in [1.54, 1.807) is 30.8 Å². The molecule has 0 saturated heterocycles. The predicted octanol–water partition coefficient (Wildman–Crippen LogP) is 2.68. The van der Waals surface area contributed by atoms with Crippen LogP contribution in [0.2, 0.25) is 0 Å².